The van der Waals surface area contributed by atoms with Crippen LogP contribution in [-0.2, 0) is 9.53 Å². The molecule has 0 aromatic carbocycles. The van der Waals surface area contributed by atoms with E-state index in [1.54, 1.807) is 6.92 Å². The molecule has 1 atom stereocenters. The lowest BCUT2D eigenvalue weighted by atomic mass is 10.1. The number of hydrogen-bond donors (Lipinski definition) is 1. The summed E-state index contributed by atoms with van der Waals surface area (Å²) in [6.07, 6.45) is 4.14. The van der Waals surface area contributed by atoms with Gasteiger partial charge in [-0.3, -0.25) is 4.79 Å². The predicted molar refractivity (Wildman–Crippen MR) is 51.4 cm³/mol. The van der Waals surface area contributed by atoms with Crippen LogP contribution in [0.1, 0.15) is 46.0 Å². The Morgan fingerprint density at radius 3 is 2.54 bits per heavy atom. The summed E-state index contributed by atoms with van der Waals surface area (Å²) in [4.78, 5) is 10.9. The van der Waals surface area contributed by atoms with Crippen LogP contribution in [0.5, 0.6) is 0 Å². The molecule has 0 aliphatic heterocycles. The number of carbonyl (C=O) groups is 1. The first kappa shape index (κ1) is 12.4. The highest BCUT2D eigenvalue weighted by atomic mass is 16.5. The Morgan fingerprint density at radius 1 is 1.38 bits per heavy atom. The molecule has 0 saturated heterocycles. The maximum atomic E-state index is 10.9. The minimum absolute atomic E-state index is 0.0601. The molecule has 13 heavy (non-hydrogen) atoms. The van der Waals surface area contributed by atoms with Crippen LogP contribution in [-0.4, -0.2) is 23.8 Å². The van der Waals surface area contributed by atoms with E-state index in [0.717, 1.165) is 25.7 Å². The zero-order valence-corrected chi connectivity index (χ0v) is 8.58. The summed E-state index contributed by atoms with van der Waals surface area (Å²) < 4.78 is 5.01. The molecule has 0 aromatic heterocycles. The lowest BCUT2D eigenvalue weighted by Crippen LogP contribution is -2.21. The molecule has 0 aliphatic carbocycles. The molecule has 1 N–H and O–H groups in total. The summed E-state index contributed by atoms with van der Waals surface area (Å²) in [6.45, 7) is 3.81. The van der Waals surface area contributed by atoms with E-state index in [9.17, 15) is 4.79 Å². The van der Waals surface area contributed by atoms with Crippen molar-refractivity contribution in [1.82, 2.24) is 0 Å². The Morgan fingerprint density at radius 2 is 2.08 bits per heavy atom. The van der Waals surface area contributed by atoms with E-state index >= 15 is 0 Å². The first-order valence-corrected chi connectivity index (χ1v) is 5.04. The van der Waals surface area contributed by atoms with Crippen molar-refractivity contribution in [3.63, 3.8) is 0 Å². The van der Waals surface area contributed by atoms with Gasteiger partial charge in [0, 0.05) is 6.42 Å². The van der Waals surface area contributed by atoms with E-state index in [-0.39, 0.29) is 18.7 Å². The van der Waals surface area contributed by atoms with Crippen molar-refractivity contribution < 1.29 is 14.6 Å². The van der Waals surface area contributed by atoms with Crippen molar-refractivity contribution >= 4 is 5.97 Å². The second-order valence-corrected chi connectivity index (χ2v) is 3.14. The number of unbranched alkanes of at least 4 members (excludes halogenated alkanes) is 2. The van der Waals surface area contributed by atoms with Gasteiger partial charge in [0.25, 0.3) is 0 Å². The molecular formula is C10H20O3. The highest BCUT2D eigenvalue weighted by Gasteiger charge is 2.10. The van der Waals surface area contributed by atoms with Crippen LogP contribution in [0.25, 0.3) is 0 Å². The topological polar surface area (TPSA) is 46.5 Å². The minimum atomic E-state index is -0.293. The van der Waals surface area contributed by atoms with Gasteiger partial charge in [-0.05, 0) is 12.8 Å². The number of rotatable bonds is 7. The van der Waals surface area contributed by atoms with Gasteiger partial charge in [0.1, 0.15) is 6.10 Å². The van der Waals surface area contributed by atoms with Crippen molar-refractivity contribution in [2.24, 2.45) is 0 Å². The van der Waals surface area contributed by atoms with E-state index in [0.29, 0.717) is 6.42 Å². The Labute approximate surface area is 80.1 Å². The van der Waals surface area contributed by atoms with Crippen molar-refractivity contribution in [3.8, 4) is 0 Å². The lowest BCUT2D eigenvalue weighted by molar-refractivity contribution is -0.151. The number of carbonyl (C=O) groups excluding carboxylic acids is 1. The standard InChI is InChI=1S/C10H20O3/c1-3-5-6-7-9(8-11)13-10(12)4-2/h9,11H,3-8H2,1-2H3/t9-/m1/s1. The normalized spacial score (nSPS) is 12.5. The summed E-state index contributed by atoms with van der Waals surface area (Å²) >= 11 is 0. The summed E-state index contributed by atoms with van der Waals surface area (Å²) in [5.74, 6) is -0.226. The number of aliphatic hydroxyl groups is 1. The van der Waals surface area contributed by atoms with Gasteiger partial charge < -0.3 is 9.84 Å². The van der Waals surface area contributed by atoms with Crippen LogP contribution < -0.4 is 0 Å². The van der Waals surface area contributed by atoms with Gasteiger partial charge in [-0.15, -0.1) is 0 Å². The molecular weight excluding hydrogens is 168 g/mol. The van der Waals surface area contributed by atoms with Crippen molar-refractivity contribution in [1.29, 1.82) is 0 Å². The number of aliphatic hydroxyl groups excluding tert-OH is 1. The van der Waals surface area contributed by atoms with E-state index in [4.69, 9.17) is 9.84 Å². The van der Waals surface area contributed by atoms with Crippen LogP contribution in [0.4, 0.5) is 0 Å². The van der Waals surface area contributed by atoms with Gasteiger partial charge >= 0.3 is 5.97 Å². The molecule has 0 unspecified atom stereocenters. The molecule has 3 heteroatoms. The predicted octanol–water partition coefficient (Wildman–Crippen LogP) is 1.88. The average molecular weight is 188 g/mol. The maximum absolute atomic E-state index is 10.9. The molecule has 0 saturated carbocycles. The molecule has 0 aromatic rings. The highest BCUT2D eigenvalue weighted by molar-refractivity contribution is 5.69. The maximum Gasteiger partial charge on any atom is 0.305 e. The van der Waals surface area contributed by atoms with E-state index in [1.165, 1.54) is 0 Å². The van der Waals surface area contributed by atoms with Gasteiger partial charge in [-0.2, -0.15) is 0 Å². The van der Waals surface area contributed by atoms with Gasteiger partial charge in [-0.1, -0.05) is 26.7 Å². The second kappa shape index (κ2) is 8.05. The largest absolute Gasteiger partial charge is 0.460 e. The van der Waals surface area contributed by atoms with Crippen LogP contribution >= 0.6 is 0 Å². The molecule has 0 heterocycles. The lowest BCUT2D eigenvalue weighted by Gasteiger charge is -2.14. The molecule has 0 radical (unpaired) electrons. The first-order valence-electron chi connectivity index (χ1n) is 5.04. The van der Waals surface area contributed by atoms with Crippen molar-refractivity contribution in [2.45, 2.75) is 52.1 Å². The van der Waals surface area contributed by atoms with Crippen molar-refractivity contribution in [3.05, 3.63) is 0 Å². The third kappa shape index (κ3) is 6.58. The average Bonchev–Trinajstić information content (AvgIpc) is 2.16. The molecule has 0 spiro atoms. The van der Waals surface area contributed by atoms with Crippen LogP contribution in [0.15, 0.2) is 0 Å². The van der Waals surface area contributed by atoms with E-state index in [1.807, 2.05) is 0 Å². The summed E-state index contributed by atoms with van der Waals surface area (Å²) in [5, 5.41) is 8.89. The molecule has 0 bridgehead atoms. The minimum Gasteiger partial charge on any atom is -0.460 e. The van der Waals surface area contributed by atoms with E-state index in [2.05, 4.69) is 6.92 Å². The fraction of sp³-hybridized carbons (Fsp3) is 0.900. The van der Waals surface area contributed by atoms with Gasteiger partial charge in [0.2, 0.25) is 0 Å². The molecule has 78 valence electrons. The number of ether oxygens (including phenoxy) is 1. The Balaban J connectivity index is 3.56. The highest BCUT2D eigenvalue weighted by Crippen LogP contribution is 2.07. The molecule has 0 aliphatic rings. The fourth-order valence-electron chi connectivity index (χ4n) is 1.08. The van der Waals surface area contributed by atoms with Crippen molar-refractivity contribution in [2.75, 3.05) is 6.61 Å². The first-order chi connectivity index (χ1) is 6.24. The SMILES string of the molecule is CCCCC[C@H](CO)OC(=O)CC. The molecule has 3 nitrogen and oxygen atoms in total. The summed E-state index contributed by atoms with van der Waals surface area (Å²) in [7, 11) is 0. The summed E-state index contributed by atoms with van der Waals surface area (Å²) in [5.41, 5.74) is 0. The van der Waals surface area contributed by atoms with Gasteiger partial charge in [0.05, 0.1) is 6.61 Å². The molecule has 0 amide bonds. The van der Waals surface area contributed by atoms with Crippen LogP contribution in [0, 0.1) is 0 Å². The zero-order chi connectivity index (χ0) is 10.1. The zero-order valence-electron chi connectivity index (χ0n) is 8.58. The Hall–Kier alpha value is -0.570. The monoisotopic (exact) mass is 188 g/mol. The van der Waals surface area contributed by atoms with E-state index < -0.39 is 0 Å². The third-order valence-corrected chi connectivity index (χ3v) is 1.92. The Kier molecular flexibility index (Phi) is 7.69. The smallest absolute Gasteiger partial charge is 0.305 e. The Bertz CT molecular complexity index is 134. The van der Waals surface area contributed by atoms with Gasteiger partial charge in [-0.25, -0.2) is 0 Å². The fourth-order valence-corrected chi connectivity index (χ4v) is 1.08. The quantitative estimate of drug-likeness (QED) is 0.490. The second-order valence-electron chi connectivity index (χ2n) is 3.14. The van der Waals surface area contributed by atoms with Crippen LogP contribution in [0.2, 0.25) is 0 Å². The van der Waals surface area contributed by atoms with Crippen LogP contribution in [0.3, 0.4) is 0 Å². The number of esters is 1. The van der Waals surface area contributed by atoms with Gasteiger partial charge in [0.15, 0.2) is 0 Å². The molecule has 0 rings (SSSR count). The third-order valence-electron chi connectivity index (χ3n) is 1.92. The summed E-state index contributed by atoms with van der Waals surface area (Å²) in [6, 6.07) is 0. The number of hydrogen-bond acceptors (Lipinski definition) is 3. The molecule has 0 fully saturated rings.